The number of hydrogen-bond donors (Lipinski definition) is 3. The molecular formula is C10H19F2N3O3. The van der Waals surface area contributed by atoms with Gasteiger partial charge in [-0.3, -0.25) is 4.79 Å². The third-order valence-electron chi connectivity index (χ3n) is 2.87. The van der Waals surface area contributed by atoms with E-state index in [4.69, 9.17) is 16.0 Å². The fraction of sp³-hybridized carbons (Fsp3) is 0.800. The number of rotatable bonds is 7. The standard InChI is InChI=1S/C10H19F2N3O3/c1-3-10(2,8(13)14-18)9(17)15(4-5-16)6-7(11)12/h7,16,18H,3-6H2,1-2H3,(H2,13,14). The van der Waals surface area contributed by atoms with Crippen LogP contribution in [-0.2, 0) is 4.79 Å². The Morgan fingerprint density at radius 3 is 2.44 bits per heavy atom. The van der Waals surface area contributed by atoms with Crippen LogP contribution in [0.25, 0.3) is 0 Å². The third kappa shape index (κ3) is 3.80. The van der Waals surface area contributed by atoms with Crippen LogP contribution in [0.2, 0.25) is 0 Å². The third-order valence-corrected chi connectivity index (χ3v) is 2.87. The quantitative estimate of drug-likeness (QED) is 0.266. The highest BCUT2D eigenvalue weighted by Crippen LogP contribution is 2.25. The van der Waals surface area contributed by atoms with Crippen molar-refractivity contribution in [2.24, 2.45) is 16.3 Å². The van der Waals surface area contributed by atoms with E-state index in [0.29, 0.717) is 0 Å². The molecule has 6 nitrogen and oxygen atoms in total. The molecule has 0 bridgehead atoms. The van der Waals surface area contributed by atoms with E-state index in [0.717, 1.165) is 4.90 Å². The SMILES string of the molecule is CCC(C)(C(=O)N(CCO)CC(F)F)C(N)=NO. The first kappa shape index (κ1) is 16.6. The van der Waals surface area contributed by atoms with E-state index in [1.807, 2.05) is 0 Å². The zero-order valence-electron chi connectivity index (χ0n) is 10.4. The molecule has 0 radical (unpaired) electrons. The van der Waals surface area contributed by atoms with Crippen LogP contribution in [0.5, 0.6) is 0 Å². The van der Waals surface area contributed by atoms with Crippen molar-refractivity contribution in [1.29, 1.82) is 0 Å². The fourth-order valence-corrected chi connectivity index (χ4v) is 1.46. The molecular weight excluding hydrogens is 248 g/mol. The first-order chi connectivity index (χ1) is 8.33. The predicted molar refractivity (Wildman–Crippen MR) is 61.5 cm³/mol. The number of hydrogen-bond acceptors (Lipinski definition) is 4. The number of amidine groups is 1. The molecule has 106 valence electrons. The highest BCUT2D eigenvalue weighted by Gasteiger charge is 2.40. The van der Waals surface area contributed by atoms with Gasteiger partial charge in [0.1, 0.15) is 5.41 Å². The summed E-state index contributed by atoms with van der Waals surface area (Å²) >= 11 is 0. The van der Waals surface area contributed by atoms with Crippen LogP contribution in [-0.4, -0.2) is 53.1 Å². The van der Waals surface area contributed by atoms with Crippen LogP contribution in [0.15, 0.2) is 5.16 Å². The lowest BCUT2D eigenvalue weighted by Crippen LogP contribution is -2.51. The lowest BCUT2D eigenvalue weighted by Gasteiger charge is -2.32. The van der Waals surface area contributed by atoms with Crippen molar-refractivity contribution < 1.29 is 23.9 Å². The summed E-state index contributed by atoms with van der Waals surface area (Å²) in [5.41, 5.74) is 4.07. The predicted octanol–water partition coefficient (Wildman–Crippen LogP) is 0.235. The van der Waals surface area contributed by atoms with Gasteiger partial charge < -0.3 is 20.9 Å². The summed E-state index contributed by atoms with van der Waals surface area (Å²) in [6, 6.07) is 0. The normalized spacial score (nSPS) is 15.6. The number of alkyl halides is 2. The smallest absolute Gasteiger partial charge is 0.255 e. The van der Waals surface area contributed by atoms with Crippen molar-refractivity contribution in [3.05, 3.63) is 0 Å². The maximum atomic E-state index is 12.4. The number of carbonyl (C=O) groups is 1. The largest absolute Gasteiger partial charge is 0.409 e. The minimum absolute atomic E-state index is 0.187. The Kier molecular flexibility index (Phi) is 6.53. The van der Waals surface area contributed by atoms with Gasteiger partial charge >= 0.3 is 0 Å². The zero-order chi connectivity index (χ0) is 14.3. The molecule has 0 fully saturated rings. The van der Waals surface area contributed by atoms with Gasteiger partial charge in [0.15, 0.2) is 5.84 Å². The average Bonchev–Trinajstić information content (AvgIpc) is 2.34. The highest BCUT2D eigenvalue weighted by atomic mass is 19.3. The molecule has 18 heavy (non-hydrogen) atoms. The molecule has 0 saturated heterocycles. The molecule has 0 aromatic heterocycles. The van der Waals surface area contributed by atoms with Gasteiger partial charge in [-0.25, -0.2) is 8.78 Å². The van der Waals surface area contributed by atoms with E-state index in [9.17, 15) is 13.6 Å². The Morgan fingerprint density at radius 1 is 1.56 bits per heavy atom. The van der Waals surface area contributed by atoms with Gasteiger partial charge in [0, 0.05) is 6.54 Å². The first-order valence-corrected chi connectivity index (χ1v) is 5.49. The Balaban J connectivity index is 5.14. The van der Waals surface area contributed by atoms with Gasteiger partial charge in [-0.1, -0.05) is 12.1 Å². The van der Waals surface area contributed by atoms with Crippen LogP contribution in [0.1, 0.15) is 20.3 Å². The molecule has 0 spiro atoms. The van der Waals surface area contributed by atoms with Gasteiger partial charge in [0.05, 0.1) is 13.2 Å². The summed E-state index contributed by atoms with van der Waals surface area (Å²) in [4.78, 5) is 12.9. The monoisotopic (exact) mass is 267 g/mol. The molecule has 1 atom stereocenters. The summed E-state index contributed by atoms with van der Waals surface area (Å²) in [6.07, 6.45) is -2.53. The number of aliphatic hydroxyl groups excluding tert-OH is 1. The summed E-state index contributed by atoms with van der Waals surface area (Å²) in [7, 11) is 0. The van der Waals surface area contributed by atoms with Crippen molar-refractivity contribution in [1.82, 2.24) is 4.90 Å². The van der Waals surface area contributed by atoms with Crippen molar-refractivity contribution in [3.8, 4) is 0 Å². The zero-order valence-corrected chi connectivity index (χ0v) is 10.4. The molecule has 1 unspecified atom stereocenters. The molecule has 8 heteroatoms. The van der Waals surface area contributed by atoms with Gasteiger partial charge in [-0.2, -0.15) is 0 Å². The number of amides is 1. The number of oxime groups is 1. The summed E-state index contributed by atoms with van der Waals surface area (Å²) in [6.45, 7) is 1.56. The van der Waals surface area contributed by atoms with E-state index in [2.05, 4.69) is 5.16 Å². The van der Waals surface area contributed by atoms with E-state index < -0.39 is 30.9 Å². The Labute approximate surface area is 104 Å². The van der Waals surface area contributed by atoms with Crippen molar-refractivity contribution in [2.75, 3.05) is 19.7 Å². The summed E-state index contributed by atoms with van der Waals surface area (Å²) < 4.78 is 24.7. The molecule has 1 amide bonds. The minimum atomic E-state index is -2.71. The molecule has 0 aliphatic carbocycles. The highest BCUT2D eigenvalue weighted by molar-refractivity contribution is 6.06. The number of nitrogens with two attached hydrogens (primary N) is 1. The van der Waals surface area contributed by atoms with Crippen molar-refractivity contribution in [3.63, 3.8) is 0 Å². The Bertz CT molecular complexity index is 313. The number of aliphatic hydroxyl groups is 1. The van der Waals surface area contributed by atoms with Crippen LogP contribution in [0.4, 0.5) is 8.78 Å². The molecule has 0 aliphatic rings. The Morgan fingerprint density at radius 2 is 2.11 bits per heavy atom. The van der Waals surface area contributed by atoms with E-state index in [-0.39, 0.29) is 18.8 Å². The van der Waals surface area contributed by atoms with Crippen molar-refractivity contribution >= 4 is 11.7 Å². The molecule has 4 N–H and O–H groups in total. The molecule has 0 aromatic carbocycles. The average molecular weight is 267 g/mol. The first-order valence-electron chi connectivity index (χ1n) is 5.49. The number of carbonyl (C=O) groups excluding carboxylic acids is 1. The second kappa shape index (κ2) is 7.10. The van der Waals surface area contributed by atoms with Gasteiger partial charge in [0.25, 0.3) is 6.43 Å². The van der Waals surface area contributed by atoms with Crippen LogP contribution < -0.4 is 5.73 Å². The molecule has 0 saturated carbocycles. The lowest BCUT2D eigenvalue weighted by atomic mass is 9.84. The van der Waals surface area contributed by atoms with E-state index in [1.54, 1.807) is 6.92 Å². The number of halogens is 2. The molecule has 0 aliphatic heterocycles. The van der Waals surface area contributed by atoms with E-state index >= 15 is 0 Å². The number of nitrogens with zero attached hydrogens (tertiary/aromatic N) is 2. The molecule has 0 aromatic rings. The fourth-order valence-electron chi connectivity index (χ4n) is 1.46. The van der Waals surface area contributed by atoms with Gasteiger partial charge in [-0.15, -0.1) is 0 Å². The summed E-state index contributed by atoms with van der Waals surface area (Å²) in [5, 5.41) is 20.2. The molecule has 0 rings (SSSR count). The van der Waals surface area contributed by atoms with Gasteiger partial charge in [-0.05, 0) is 13.3 Å². The van der Waals surface area contributed by atoms with Gasteiger partial charge in [0.2, 0.25) is 5.91 Å². The van der Waals surface area contributed by atoms with Crippen LogP contribution in [0, 0.1) is 5.41 Å². The lowest BCUT2D eigenvalue weighted by molar-refractivity contribution is -0.140. The minimum Gasteiger partial charge on any atom is -0.409 e. The second-order valence-corrected chi connectivity index (χ2v) is 4.04. The maximum Gasteiger partial charge on any atom is 0.255 e. The van der Waals surface area contributed by atoms with Crippen LogP contribution in [0.3, 0.4) is 0 Å². The van der Waals surface area contributed by atoms with Crippen LogP contribution >= 0.6 is 0 Å². The maximum absolute atomic E-state index is 12.4. The van der Waals surface area contributed by atoms with E-state index in [1.165, 1.54) is 6.92 Å². The Hall–Kier alpha value is -1.44. The second-order valence-electron chi connectivity index (χ2n) is 4.04. The molecule has 0 heterocycles. The summed E-state index contributed by atoms with van der Waals surface area (Å²) in [5.74, 6) is -1.04. The topological polar surface area (TPSA) is 99.2 Å². The van der Waals surface area contributed by atoms with Crippen molar-refractivity contribution in [2.45, 2.75) is 26.7 Å².